The summed E-state index contributed by atoms with van der Waals surface area (Å²) in [7, 11) is 0. The highest BCUT2D eigenvalue weighted by Gasteiger charge is 2.30. The summed E-state index contributed by atoms with van der Waals surface area (Å²) in [5.41, 5.74) is 2.46. The lowest BCUT2D eigenvalue weighted by molar-refractivity contribution is -0.154. The van der Waals surface area contributed by atoms with Crippen molar-refractivity contribution in [2.24, 2.45) is 0 Å². The average Bonchev–Trinajstić information content (AvgIpc) is 3.68. The van der Waals surface area contributed by atoms with Crippen LogP contribution in [0.5, 0.6) is 0 Å². The van der Waals surface area contributed by atoms with E-state index in [-0.39, 0.29) is 29.4 Å². The number of rotatable bonds is 10. The van der Waals surface area contributed by atoms with Crippen LogP contribution in [-0.4, -0.2) is 69.6 Å². The molecule has 1 saturated carbocycles. The molecule has 4 rings (SSSR count). The van der Waals surface area contributed by atoms with Crippen molar-refractivity contribution in [3.05, 3.63) is 53.0 Å². The van der Waals surface area contributed by atoms with E-state index in [0.29, 0.717) is 34.3 Å². The molecule has 3 amide bonds. The predicted octanol–water partition coefficient (Wildman–Crippen LogP) is 2.15. The highest BCUT2D eigenvalue weighted by Crippen LogP contribution is 2.34. The smallest absolute Gasteiger partial charge is 0.423 e. The first-order valence-corrected chi connectivity index (χ1v) is 12.5. The molecule has 2 heterocycles. The Kier molecular flexibility index (Phi) is 8.39. The summed E-state index contributed by atoms with van der Waals surface area (Å²) in [6, 6.07) is 4.98. The van der Waals surface area contributed by atoms with Crippen molar-refractivity contribution in [1.29, 1.82) is 0 Å². The Labute approximate surface area is 224 Å². The van der Waals surface area contributed by atoms with E-state index in [4.69, 9.17) is 14.6 Å². The summed E-state index contributed by atoms with van der Waals surface area (Å²) in [5.74, 6) is -1.48. The quantitative estimate of drug-likeness (QED) is 0.259. The van der Waals surface area contributed by atoms with Gasteiger partial charge in [-0.2, -0.15) is 5.10 Å². The maximum atomic E-state index is 13.5. The van der Waals surface area contributed by atoms with Gasteiger partial charge in [0.05, 0.1) is 11.3 Å². The molecule has 206 valence electrons. The summed E-state index contributed by atoms with van der Waals surface area (Å²) < 4.78 is 11.3. The molecule has 0 unspecified atom stereocenters. The SMILES string of the molecule is CCCNC(=O)c1ccc(C)c(N(C(=O)OCOC(=O)CO)c2ncnn3cc(C(=O)NC4CC4)c(C)c23)c1. The highest BCUT2D eigenvalue weighted by molar-refractivity contribution is 6.05. The monoisotopic (exact) mass is 538 g/mol. The summed E-state index contributed by atoms with van der Waals surface area (Å²) in [4.78, 5) is 55.9. The van der Waals surface area contributed by atoms with Gasteiger partial charge in [0.15, 0.2) is 5.82 Å². The fraction of sp³-hybridized carbons (Fsp3) is 0.385. The van der Waals surface area contributed by atoms with Crippen molar-refractivity contribution in [2.45, 2.75) is 46.1 Å². The number of aliphatic hydroxyl groups excluding tert-OH is 1. The predicted molar refractivity (Wildman–Crippen MR) is 139 cm³/mol. The molecule has 0 radical (unpaired) electrons. The molecule has 0 spiro atoms. The summed E-state index contributed by atoms with van der Waals surface area (Å²) in [6.45, 7) is 4.23. The lowest BCUT2D eigenvalue weighted by Crippen LogP contribution is -2.31. The topological polar surface area (TPSA) is 164 Å². The first-order chi connectivity index (χ1) is 18.7. The summed E-state index contributed by atoms with van der Waals surface area (Å²) >= 11 is 0. The molecule has 3 aromatic rings. The second-order valence-electron chi connectivity index (χ2n) is 9.09. The van der Waals surface area contributed by atoms with E-state index in [1.54, 1.807) is 32.2 Å². The molecule has 0 atom stereocenters. The van der Waals surface area contributed by atoms with Crippen LogP contribution in [0.15, 0.2) is 30.7 Å². The van der Waals surface area contributed by atoms with Crippen molar-refractivity contribution in [3.8, 4) is 0 Å². The Morgan fingerprint density at radius 1 is 1.15 bits per heavy atom. The van der Waals surface area contributed by atoms with Crippen LogP contribution < -0.4 is 15.5 Å². The van der Waals surface area contributed by atoms with Gasteiger partial charge in [0.25, 0.3) is 11.8 Å². The third-order valence-corrected chi connectivity index (χ3v) is 6.14. The number of benzene rings is 1. The van der Waals surface area contributed by atoms with Gasteiger partial charge in [-0.15, -0.1) is 0 Å². The van der Waals surface area contributed by atoms with Crippen LogP contribution in [0.1, 0.15) is 58.0 Å². The van der Waals surface area contributed by atoms with Crippen LogP contribution in [0.25, 0.3) is 5.52 Å². The van der Waals surface area contributed by atoms with Crippen molar-refractivity contribution in [1.82, 2.24) is 25.2 Å². The van der Waals surface area contributed by atoms with E-state index in [1.807, 2.05) is 6.92 Å². The Morgan fingerprint density at radius 3 is 2.62 bits per heavy atom. The number of hydrogen-bond donors (Lipinski definition) is 3. The maximum absolute atomic E-state index is 13.5. The molecule has 3 N–H and O–H groups in total. The number of ether oxygens (including phenoxy) is 2. The molecule has 0 aliphatic heterocycles. The van der Waals surface area contributed by atoms with Gasteiger partial charge in [-0.1, -0.05) is 13.0 Å². The third-order valence-electron chi connectivity index (χ3n) is 6.14. The van der Waals surface area contributed by atoms with Gasteiger partial charge < -0.3 is 25.2 Å². The zero-order valence-corrected chi connectivity index (χ0v) is 21.9. The molecule has 1 aliphatic rings. The number of aryl methyl sites for hydroxylation is 2. The maximum Gasteiger partial charge on any atom is 0.423 e. The van der Waals surface area contributed by atoms with E-state index in [2.05, 4.69) is 20.7 Å². The Bertz CT molecular complexity index is 1420. The number of esters is 1. The van der Waals surface area contributed by atoms with Gasteiger partial charge >= 0.3 is 12.1 Å². The largest absolute Gasteiger partial charge is 0.426 e. The third kappa shape index (κ3) is 6.14. The molecule has 13 nitrogen and oxygen atoms in total. The number of hydrogen-bond acceptors (Lipinski definition) is 9. The van der Waals surface area contributed by atoms with E-state index in [0.717, 1.165) is 24.2 Å². The molecule has 13 heteroatoms. The van der Waals surface area contributed by atoms with Crippen molar-refractivity contribution in [3.63, 3.8) is 0 Å². The van der Waals surface area contributed by atoms with Crippen molar-refractivity contribution < 1.29 is 33.8 Å². The minimum atomic E-state index is -0.974. The highest BCUT2D eigenvalue weighted by atomic mass is 16.7. The fourth-order valence-electron chi connectivity index (χ4n) is 3.91. The number of anilines is 2. The number of carbonyl (C=O) groups is 4. The number of nitrogens with zero attached hydrogens (tertiary/aromatic N) is 4. The molecular formula is C26H30N6O7. The van der Waals surface area contributed by atoms with Gasteiger partial charge in [-0.3, -0.25) is 9.59 Å². The van der Waals surface area contributed by atoms with Crippen molar-refractivity contribution in [2.75, 3.05) is 24.8 Å². The van der Waals surface area contributed by atoms with Gasteiger partial charge in [-0.25, -0.2) is 24.0 Å². The molecule has 2 aromatic heterocycles. The zero-order chi connectivity index (χ0) is 28.1. The zero-order valence-electron chi connectivity index (χ0n) is 21.9. The van der Waals surface area contributed by atoms with Crippen LogP contribution in [0, 0.1) is 13.8 Å². The van der Waals surface area contributed by atoms with E-state index < -0.39 is 25.5 Å². The number of aliphatic hydroxyl groups is 1. The average molecular weight is 539 g/mol. The lowest BCUT2D eigenvalue weighted by atomic mass is 10.1. The molecule has 1 aromatic carbocycles. The molecule has 0 bridgehead atoms. The molecular weight excluding hydrogens is 508 g/mol. The first kappa shape index (κ1) is 27.5. The molecule has 1 fully saturated rings. The summed E-state index contributed by atoms with van der Waals surface area (Å²) in [6.07, 6.45) is 4.40. The van der Waals surface area contributed by atoms with E-state index >= 15 is 0 Å². The van der Waals surface area contributed by atoms with Crippen LogP contribution >= 0.6 is 0 Å². The number of amides is 3. The van der Waals surface area contributed by atoms with Gasteiger partial charge in [0.1, 0.15) is 18.5 Å². The van der Waals surface area contributed by atoms with E-state index in [9.17, 15) is 19.2 Å². The molecule has 1 aliphatic carbocycles. The van der Waals surface area contributed by atoms with Crippen LogP contribution in [0.3, 0.4) is 0 Å². The number of carbonyl (C=O) groups excluding carboxylic acids is 4. The minimum absolute atomic E-state index is 0.0840. The minimum Gasteiger partial charge on any atom is -0.426 e. The Hall–Kier alpha value is -4.52. The van der Waals surface area contributed by atoms with Crippen LogP contribution in [0.4, 0.5) is 16.3 Å². The molecule has 0 saturated heterocycles. The lowest BCUT2D eigenvalue weighted by Gasteiger charge is -2.24. The van der Waals surface area contributed by atoms with E-state index in [1.165, 1.54) is 16.9 Å². The Balaban J connectivity index is 1.80. The summed E-state index contributed by atoms with van der Waals surface area (Å²) in [5, 5.41) is 18.9. The van der Waals surface area contributed by atoms with Gasteiger partial charge in [-0.05, 0) is 56.4 Å². The normalized spacial score (nSPS) is 12.6. The van der Waals surface area contributed by atoms with Crippen LogP contribution in [0.2, 0.25) is 0 Å². The van der Waals surface area contributed by atoms with Crippen molar-refractivity contribution >= 4 is 40.9 Å². The fourth-order valence-corrected chi connectivity index (χ4v) is 3.91. The van der Waals surface area contributed by atoms with Gasteiger partial charge in [0.2, 0.25) is 6.79 Å². The van der Waals surface area contributed by atoms with Gasteiger partial charge in [0, 0.05) is 24.3 Å². The standard InChI is InChI=1S/C26H30N6O7/c1-4-9-27-24(35)17-6-5-15(2)20(10-17)32(26(37)39-14-38-21(34)12-33)23-22-16(3)19(11-31(22)29-13-28-23)25(36)30-18-7-8-18/h5-6,10-11,13,18,33H,4,7-9,12,14H2,1-3H3,(H,27,35)(H,30,36). The molecule has 39 heavy (non-hydrogen) atoms. The van der Waals surface area contributed by atoms with Crippen LogP contribution in [-0.2, 0) is 14.3 Å². The second kappa shape index (κ2) is 11.9. The Morgan fingerprint density at radius 2 is 1.92 bits per heavy atom. The second-order valence-corrected chi connectivity index (χ2v) is 9.09. The number of nitrogens with one attached hydrogen (secondary N) is 2. The first-order valence-electron chi connectivity index (χ1n) is 12.5. The number of fused-ring (bicyclic) bond motifs is 1. The number of aromatic nitrogens is 3.